The van der Waals surface area contributed by atoms with E-state index in [0.29, 0.717) is 0 Å². The average Bonchev–Trinajstić information content (AvgIpc) is 2.75. The number of nitrogens with one attached hydrogen (secondary N) is 1. The predicted molar refractivity (Wildman–Crippen MR) is 63.8 cm³/mol. The van der Waals surface area contributed by atoms with Crippen molar-refractivity contribution in [3.8, 4) is 0 Å². The van der Waals surface area contributed by atoms with Crippen LogP contribution in [0.15, 0.2) is 30.7 Å². The van der Waals surface area contributed by atoms with Crippen molar-refractivity contribution < 1.29 is 0 Å². The molecule has 0 aliphatic rings. The lowest BCUT2D eigenvalue weighted by Gasteiger charge is -2.14. The van der Waals surface area contributed by atoms with E-state index in [2.05, 4.69) is 20.5 Å². The number of aromatic nitrogens is 4. The molecule has 2 heterocycles. The Balaban J connectivity index is 2.00. The second kappa shape index (κ2) is 5.51. The quantitative estimate of drug-likeness (QED) is 0.552. The molecule has 1 atom stereocenters. The summed E-state index contributed by atoms with van der Waals surface area (Å²) in [6.07, 6.45) is 4.82. The van der Waals surface area contributed by atoms with E-state index in [1.807, 2.05) is 25.2 Å². The summed E-state index contributed by atoms with van der Waals surface area (Å²) in [5.74, 6) is 6.46. The van der Waals surface area contributed by atoms with Crippen molar-refractivity contribution in [3.05, 3.63) is 42.2 Å². The van der Waals surface area contributed by atoms with Gasteiger partial charge in [0.15, 0.2) is 0 Å². The van der Waals surface area contributed by atoms with Crippen molar-refractivity contribution in [2.75, 3.05) is 0 Å². The molecule has 90 valence electrons. The zero-order chi connectivity index (χ0) is 12.1. The van der Waals surface area contributed by atoms with Gasteiger partial charge in [0.05, 0.1) is 0 Å². The minimum Gasteiger partial charge on any atom is -0.271 e. The van der Waals surface area contributed by atoms with Crippen molar-refractivity contribution >= 4 is 0 Å². The van der Waals surface area contributed by atoms with Gasteiger partial charge in [-0.15, -0.1) is 0 Å². The van der Waals surface area contributed by atoms with Crippen LogP contribution in [0.2, 0.25) is 0 Å². The van der Waals surface area contributed by atoms with Gasteiger partial charge in [-0.25, -0.2) is 4.98 Å². The summed E-state index contributed by atoms with van der Waals surface area (Å²) in [5, 5.41) is 4.03. The maximum atomic E-state index is 5.55. The highest BCUT2D eigenvalue weighted by atomic mass is 15.3. The minimum atomic E-state index is 0.104. The molecule has 6 heteroatoms. The normalized spacial score (nSPS) is 12.6. The maximum absolute atomic E-state index is 5.55. The van der Waals surface area contributed by atoms with Gasteiger partial charge in [0, 0.05) is 37.8 Å². The predicted octanol–water partition coefficient (Wildman–Crippen LogP) is -0.173. The van der Waals surface area contributed by atoms with Crippen LogP contribution in [0.25, 0.3) is 0 Å². The first-order chi connectivity index (χ1) is 8.29. The molecule has 0 aliphatic carbocycles. The van der Waals surface area contributed by atoms with Gasteiger partial charge in [0.25, 0.3) is 0 Å². The number of nitrogens with two attached hydrogens (primary N) is 1. The van der Waals surface area contributed by atoms with Crippen LogP contribution in [-0.2, 0) is 19.9 Å². The number of pyridine rings is 1. The third kappa shape index (κ3) is 3.08. The summed E-state index contributed by atoms with van der Waals surface area (Å²) < 4.78 is 1.75. The zero-order valence-electron chi connectivity index (χ0n) is 9.74. The van der Waals surface area contributed by atoms with Gasteiger partial charge in [0.1, 0.15) is 12.2 Å². The Morgan fingerprint density at radius 3 is 2.82 bits per heavy atom. The molecule has 0 amide bonds. The highest BCUT2D eigenvalue weighted by molar-refractivity contribution is 5.06. The Labute approximate surface area is 99.9 Å². The molecule has 2 aromatic rings. The third-order valence-corrected chi connectivity index (χ3v) is 2.65. The monoisotopic (exact) mass is 232 g/mol. The molecule has 0 fully saturated rings. The van der Waals surface area contributed by atoms with Gasteiger partial charge < -0.3 is 0 Å². The summed E-state index contributed by atoms with van der Waals surface area (Å²) in [4.78, 5) is 8.46. The lowest BCUT2D eigenvalue weighted by Crippen LogP contribution is -2.39. The summed E-state index contributed by atoms with van der Waals surface area (Å²) in [7, 11) is 1.87. The van der Waals surface area contributed by atoms with Crippen molar-refractivity contribution in [1.82, 2.24) is 25.2 Å². The third-order valence-electron chi connectivity index (χ3n) is 2.65. The van der Waals surface area contributed by atoms with Crippen molar-refractivity contribution in [2.24, 2.45) is 12.9 Å². The van der Waals surface area contributed by atoms with E-state index >= 15 is 0 Å². The Bertz CT molecular complexity index is 452. The van der Waals surface area contributed by atoms with E-state index in [1.54, 1.807) is 17.2 Å². The SMILES string of the molecule is Cn1ncnc1CC(Cc1ccccn1)NN. The van der Waals surface area contributed by atoms with Gasteiger partial charge in [-0.2, -0.15) is 5.10 Å². The molecule has 1 unspecified atom stereocenters. The average molecular weight is 232 g/mol. The molecular weight excluding hydrogens is 216 g/mol. The van der Waals surface area contributed by atoms with Gasteiger partial charge >= 0.3 is 0 Å². The van der Waals surface area contributed by atoms with Crippen LogP contribution < -0.4 is 11.3 Å². The summed E-state index contributed by atoms with van der Waals surface area (Å²) in [6, 6.07) is 5.96. The van der Waals surface area contributed by atoms with Gasteiger partial charge in [-0.05, 0) is 12.1 Å². The Hall–Kier alpha value is -1.79. The Morgan fingerprint density at radius 2 is 2.24 bits per heavy atom. The van der Waals surface area contributed by atoms with E-state index < -0.39 is 0 Å². The minimum absolute atomic E-state index is 0.104. The molecule has 0 bridgehead atoms. The lowest BCUT2D eigenvalue weighted by molar-refractivity contribution is 0.495. The standard InChI is InChI=1S/C11H16N6/c1-17-11(14-8-15-17)7-10(16-12)6-9-4-2-3-5-13-9/h2-5,8,10,16H,6-7,12H2,1H3. The van der Waals surface area contributed by atoms with Crippen LogP contribution >= 0.6 is 0 Å². The highest BCUT2D eigenvalue weighted by Gasteiger charge is 2.12. The first-order valence-electron chi connectivity index (χ1n) is 5.48. The van der Waals surface area contributed by atoms with Crippen LogP contribution in [0.4, 0.5) is 0 Å². The second-order valence-corrected chi connectivity index (χ2v) is 3.89. The van der Waals surface area contributed by atoms with Crippen molar-refractivity contribution in [3.63, 3.8) is 0 Å². The van der Waals surface area contributed by atoms with E-state index in [4.69, 9.17) is 5.84 Å². The Kier molecular flexibility index (Phi) is 3.79. The topological polar surface area (TPSA) is 81.7 Å². The number of rotatable bonds is 5. The molecule has 0 radical (unpaired) electrons. The second-order valence-electron chi connectivity index (χ2n) is 3.89. The molecule has 2 rings (SSSR count). The van der Waals surface area contributed by atoms with Gasteiger partial charge in [-0.3, -0.25) is 20.9 Å². The number of aryl methyl sites for hydroxylation is 1. The highest BCUT2D eigenvalue weighted by Crippen LogP contribution is 2.04. The van der Waals surface area contributed by atoms with Crippen LogP contribution in [0, 0.1) is 0 Å². The zero-order valence-corrected chi connectivity index (χ0v) is 9.74. The first-order valence-corrected chi connectivity index (χ1v) is 5.48. The fourth-order valence-corrected chi connectivity index (χ4v) is 1.69. The molecule has 0 saturated carbocycles. The number of hydrogen-bond donors (Lipinski definition) is 2. The number of hydrogen-bond acceptors (Lipinski definition) is 5. The molecule has 2 aromatic heterocycles. The smallest absolute Gasteiger partial charge is 0.138 e. The molecule has 0 spiro atoms. The summed E-state index contributed by atoms with van der Waals surface area (Å²) in [6.45, 7) is 0. The fraction of sp³-hybridized carbons (Fsp3) is 0.364. The van der Waals surface area contributed by atoms with E-state index in [1.165, 1.54) is 0 Å². The lowest BCUT2D eigenvalue weighted by atomic mass is 10.1. The van der Waals surface area contributed by atoms with E-state index in [9.17, 15) is 0 Å². The van der Waals surface area contributed by atoms with Crippen LogP contribution in [0.5, 0.6) is 0 Å². The Morgan fingerprint density at radius 1 is 1.35 bits per heavy atom. The van der Waals surface area contributed by atoms with Gasteiger partial charge in [0.2, 0.25) is 0 Å². The fourth-order valence-electron chi connectivity index (χ4n) is 1.69. The molecule has 3 N–H and O–H groups in total. The summed E-state index contributed by atoms with van der Waals surface area (Å²) >= 11 is 0. The van der Waals surface area contributed by atoms with Crippen molar-refractivity contribution in [2.45, 2.75) is 18.9 Å². The molecule has 0 aliphatic heterocycles. The number of nitrogens with zero attached hydrogens (tertiary/aromatic N) is 4. The molecule has 0 saturated heterocycles. The summed E-state index contributed by atoms with van der Waals surface area (Å²) in [5.41, 5.74) is 3.81. The van der Waals surface area contributed by atoms with E-state index in [0.717, 1.165) is 24.4 Å². The van der Waals surface area contributed by atoms with Crippen molar-refractivity contribution in [1.29, 1.82) is 0 Å². The van der Waals surface area contributed by atoms with Crippen LogP contribution in [0.3, 0.4) is 0 Å². The molecule has 0 aromatic carbocycles. The van der Waals surface area contributed by atoms with E-state index in [-0.39, 0.29) is 6.04 Å². The van der Waals surface area contributed by atoms with Crippen LogP contribution in [0.1, 0.15) is 11.5 Å². The molecule has 17 heavy (non-hydrogen) atoms. The first kappa shape index (κ1) is 11.7. The number of hydrazine groups is 1. The molecule has 6 nitrogen and oxygen atoms in total. The largest absolute Gasteiger partial charge is 0.271 e. The molecular formula is C11H16N6. The van der Waals surface area contributed by atoms with Gasteiger partial charge in [-0.1, -0.05) is 6.07 Å². The maximum Gasteiger partial charge on any atom is 0.138 e. The van der Waals surface area contributed by atoms with Crippen LogP contribution in [-0.4, -0.2) is 25.8 Å².